The molecule has 5 heteroatoms. The van der Waals surface area contributed by atoms with E-state index in [1.165, 1.54) is 0 Å². The monoisotopic (exact) mass is 264 g/mol. The van der Waals surface area contributed by atoms with E-state index in [2.05, 4.69) is 46.0 Å². The number of rotatable bonds is 6. The lowest BCUT2D eigenvalue weighted by Gasteiger charge is -2.05. The van der Waals surface area contributed by atoms with E-state index in [0.717, 1.165) is 35.9 Å². The molecule has 0 unspecified atom stereocenters. The average Bonchev–Trinajstić information content (AvgIpc) is 2.94. The first-order chi connectivity index (χ1) is 8.70. The van der Waals surface area contributed by atoms with Crippen molar-refractivity contribution in [2.45, 2.75) is 46.3 Å². The van der Waals surface area contributed by atoms with Gasteiger partial charge in [-0.1, -0.05) is 20.8 Å². The van der Waals surface area contributed by atoms with Crippen molar-refractivity contribution in [1.29, 1.82) is 0 Å². The maximum atomic E-state index is 4.66. The first kappa shape index (κ1) is 13.2. The quantitative estimate of drug-likeness (QED) is 0.872. The molecule has 2 aromatic heterocycles. The fourth-order valence-corrected chi connectivity index (χ4v) is 2.58. The Balaban J connectivity index is 2.11. The number of aryl methyl sites for hydroxylation is 1. The second-order valence-corrected chi connectivity index (χ2v) is 5.51. The molecule has 98 valence electrons. The fourth-order valence-electron chi connectivity index (χ4n) is 1.73. The van der Waals surface area contributed by atoms with Crippen LogP contribution in [0.25, 0.3) is 10.7 Å². The highest BCUT2D eigenvalue weighted by Gasteiger charge is 2.09. The highest BCUT2D eigenvalue weighted by molar-refractivity contribution is 7.13. The molecule has 0 spiro atoms. The van der Waals surface area contributed by atoms with Crippen LogP contribution in [0.1, 0.15) is 32.9 Å². The zero-order valence-corrected chi connectivity index (χ0v) is 12.0. The van der Waals surface area contributed by atoms with Crippen molar-refractivity contribution in [2.24, 2.45) is 0 Å². The van der Waals surface area contributed by atoms with Gasteiger partial charge in [-0.25, -0.2) is 9.97 Å². The van der Waals surface area contributed by atoms with Gasteiger partial charge in [-0.3, -0.25) is 0 Å². The second kappa shape index (κ2) is 6.11. The molecule has 0 atom stereocenters. The van der Waals surface area contributed by atoms with E-state index in [1.54, 1.807) is 11.3 Å². The predicted molar refractivity (Wildman–Crippen MR) is 75.6 cm³/mol. The van der Waals surface area contributed by atoms with Crippen LogP contribution in [0.15, 0.2) is 17.9 Å². The summed E-state index contributed by atoms with van der Waals surface area (Å²) in [4.78, 5) is 8.88. The van der Waals surface area contributed by atoms with E-state index >= 15 is 0 Å². The molecule has 2 rings (SSSR count). The van der Waals surface area contributed by atoms with Gasteiger partial charge in [0.2, 0.25) is 0 Å². The van der Waals surface area contributed by atoms with Crippen LogP contribution in [-0.2, 0) is 13.1 Å². The summed E-state index contributed by atoms with van der Waals surface area (Å²) < 4.78 is 2.17. The van der Waals surface area contributed by atoms with Crippen LogP contribution in [-0.4, -0.2) is 20.6 Å². The van der Waals surface area contributed by atoms with Gasteiger partial charge in [-0.05, 0) is 6.42 Å². The number of aromatic nitrogens is 3. The van der Waals surface area contributed by atoms with Crippen LogP contribution in [0.3, 0.4) is 0 Å². The molecular formula is C13H20N4S. The molecule has 0 aliphatic rings. The van der Waals surface area contributed by atoms with Crippen molar-refractivity contribution in [2.75, 3.05) is 0 Å². The van der Waals surface area contributed by atoms with Crippen LogP contribution < -0.4 is 5.32 Å². The van der Waals surface area contributed by atoms with Crippen molar-refractivity contribution >= 4 is 11.3 Å². The van der Waals surface area contributed by atoms with E-state index < -0.39 is 0 Å². The third-order valence-corrected chi connectivity index (χ3v) is 3.55. The number of hydrogen-bond acceptors (Lipinski definition) is 4. The smallest absolute Gasteiger partial charge is 0.141 e. The molecule has 0 fully saturated rings. The van der Waals surface area contributed by atoms with E-state index in [9.17, 15) is 0 Å². The zero-order valence-electron chi connectivity index (χ0n) is 11.2. The highest BCUT2D eigenvalue weighted by Crippen LogP contribution is 2.23. The molecule has 1 N–H and O–H groups in total. The number of hydrogen-bond donors (Lipinski definition) is 1. The predicted octanol–water partition coefficient (Wildman–Crippen LogP) is 2.91. The Bertz CT molecular complexity index is 487. The van der Waals surface area contributed by atoms with Gasteiger partial charge in [0.15, 0.2) is 0 Å². The Kier molecular flexibility index (Phi) is 4.49. The molecule has 0 aromatic carbocycles. The third-order valence-electron chi connectivity index (χ3n) is 2.64. The van der Waals surface area contributed by atoms with Crippen LogP contribution in [0.5, 0.6) is 0 Å². The summed E-state index contributed by atoms with van der Waals surface area (Å²) in [5.41, 5.74) is 2.23. The molecule has 0 aliphatic heterocycles. The number of imidazole rings is 1. The summed E-state index contributed by atoms with van der Waals surface area (Å²) in [7, 11) is 0. The van der Waals surface area contributed by atoms with E-state index in [-0.39, 0.29) is 0 Å². The first-order valence-corrected chi connectivity index (χ1v) is 7.27. The van der Waals surface area contributed by atoms with E-state index in [0.29, 0.717) is 6.04 Å². The van der Waals surface area contributed by atoms with E-state index in [1.807, 2.05) is 12.5 Å². The minimum Gasteiger partial charge on any atom is -0.329 e. The standard InChI is InChI=1S/C13H20N4S/c1-4-5-17-9-14-7-12(17)13-16-11(8-18-13)6-15-10(2)3/h7-10,15H,4-6H2,1-3H3. The van der Waals surface area contributed by atoms with E-state index in [4.69, 9.17) is 0 Å². The Morgan fingerprint density at radius 2 is 2.28 bits per heavy atom. The highest BCUT2D eigenvalue weighted by atomic mass is 32.1. The Morgan fingerprint density at radius 3 is 3.00 bits per heavy atom. The average molecular weight is 264 g/mol. The fraction of sp³-hybridized carbons (Fsp3) is 0.538. The summed E-state index contributed by atoms with van der Waals surface area (Å²) >= 11 is 1.69. The topological polar surface area (TPSA) is 42.7 Å². The molecule has 0 bridgehead atoms. The molecule has 2 aromatic rings. The molecule has 4 nitrogen and oxygen atoms in total. The van der Waals surface area contributed by atoms with Gasteiger partial charge in [0, 0.05) is 24.5 Å². The maximum absolute atomic E-state index is 4.66. The maximum Gasteiger partial charge on any atom is 0.141 e. The van der Waals surface area contributed by atoms with Crippen molar-refractivity contribution in [3.63, 3.8) is 0 Å². The second-order valence-electron chi connectivity index (χ2n) is 4.65. The summed E-state index contributed by atoms with van der Waals surface area (Å²) in [6, 6.07) is 0.487. The molecule has 2 heterocycles. The van der Waals surface area contributed by atoms with Gasteiger partial charge in [0.05, 0.1) is 23.9 Å². The van der Waals surface area contributed by atoms with Crippen LogP contribution in [0.4, 0.5) is 0 Å². The number of nitrogens with zero attached hydrogens (tertiary/aromatic N) is 3. The summed E-state index contributed by atoms with van der Waals surface area (Å²) in [6.45, 7) is 8.28. The SMILES string of the molecule is CCCn1cncc1-c1nc(CNC(C)C)cs1. The summed E-state index contributed by atoms with van der Waals surface area (Å²) in [6.07, 6.45) is 4.89. The van der Waals surface area contributed by atoms with Crippen LogP contribution in [0, 0.1) is 0 Å². The minimum atomic E-state index is 0.487. The molecule has 0 aliphatic carbocycles. The Hall–Kier alpha value is -1.20. The van der Waals surface area contributed by atoms with Gasteiger partial charge < -0.3 is 9.88 Å². The van der Waals surface area contributed by atoms with Crippen LogP contribution in [0.2, 0.25) is 0 Å². The van der Waals surface area contributed by atoms with Crippen molar-refractivity contribution in [3.8, 4) is 10.7 Å². The summed E-state index contributed by atoms with van der Waals surface area (Å²) in [5.74, 6) is 0. The summed E-state index contributed by atoms with van der Waals surface area (Å²) in [5, 5.41) is 6.56. The van der Waals surface area contributed by atoms with Gasteiger partial charge in [-0.2, -0.15) is 0 Å². The first-order valence-electron chi connectivity index (χ1n) is 6.39. The molecule has 0 radical (unpaired) electrons. The van der Waals surface area contributed by atoms with Gasteiger partial charge >= 0.3 is 0 Å². The number of nitrogens with one attached hydrogen (secondary N) is 1. The molecule has 18 heavy (non-hydrogen) atoms. The normalized spacial score (nSPS) is 11.3. The van der Waals surface area contributed by atoms with Crippen molar-refractivity contribution in [3.05, 3.63) is 23.6 Å². The van der Waals surface area contributed by atoms with Gasteiger partial charge in [0.1, 0.15) is 5.01 Å². The zero-order chi connectivity index (χ0) is 13.0. The van der Waals surface area contributed by atoms with Gasteiger partial charge in [-0.15, -0.1) is 11.3 Å². The third kappa shape index (κ3) is 3.17. The lowest BCUT2D eigenvalue weighted by atomic mass is 10.3. The van der Waals surface area contributed by atoms with Crippen molar-refractivity contribution in [1.82, 2.24) is 19.9 Å². The molecule has 0 amide bonds. The van der Waals surface area contributed by atoms with Crippen molar-refractivity contribution < 1.29 is 0 Å². The van der Waals surface area contributed by atoms with Gasteiger partial charge in [0.25, 0.3) is 0 Å². The minimum absolute atomic E-state index is 0.487. The Morgan fingerprint density at radius 1 is 1.44 bits per heavy atom. The molecular weight excluding hydrogens is 244 g/mol. The lowest BCUT2D eigenvalue weighted by Crippen LogP contribution is -2.21. The van der Waals surface area contributed by atoms with Crippen LogP contribution >= 0.6 is 11.3 Å². The molecule has 0 saturated heterocycles. The lowest BCUT2D eigenvalue weighted by molar-refractivity contribution is 0.583. The number of thiazole rings is 1. The Labute approximate surface area is 112 Å². The molecule has 0 saturated carbocycles. The largest absolute Gasteiger partial charge is 0.329 e.